The van der Waals surface area contributed by atoms with Gasteiger partial charge in [-0.2, -0.15) is 0 Å². The maximum absolute atomic E-state index is 13.2. The highest BCUT2D eigenvalue weighted by molar-refractivity contribution is 9.10. The van der Waals surface area contributed by atoms with Crippen LogP contribution in [-0.4, -0.2) is 18.5 Å². The first-order valence-electron chi connectivity index (χ1n) is 6.72. The molecule has 1 unspecified atom stereocenters. The lowest BCUT2D eigenvalue weighted by Gasteiger charge is -2.22. The van der Waals surface area contributed by atoms with Crippen molar-refractivity contribution in [3.8, 4) is 0 Å². The third kappa shape index (κ3) is 5.03. The molecule has 0 aromatic heterocycles. The number of carbonyl (C=O) groups is 1. The third-order valence-electron chi connectivity index (χ3n) is 3.34. The molecule has 19 heavy (non-hydrogen) atoms. The highest BCUT2D eigenvalue weighted by atomic mass is 79.9. The van der Waals surface area contributed by atoms with Gasteiger partial charge in [0, 0.05) is 23.9 Å². The lowest BCUT2D eigenvalue weighted by atomic mass is 10.0. The van der Waals surface area contributed by atoms with Gasteiger partial charge in [0.05, 0.1) is 6.10 Å². The molecule has 0 aliphatic carbocycles. The van der Waals surface area contributed by atoms with Crippen LogP contribution in [0, 0.1) is 5.82 Å². The summed E-state index contributed by atoms with van der Waals surface area (Å²) in [7, 11) is 0. The predicted octanol–water partition coefficient (Wildman–Crippen LogP) is 4.05. The topological polar surface area (TPSA) is 26.3 Å². The number of halogens is 2. The summed E-state index contributed by atoms with van der Waals surface area (Å²) in [6.45, 7) is 0.815. The van der Waals surface area contributed by atoms with E-state index in [0.717, 1.165) is 31.4 Å². The molecular formula is C15H18BrFO2. The van der Waals surface area contributed by atoms with Crippen molar-refractivity contribution in [2.45, 2.75) is 44.6 Å². The Bertz CT molecular complexity index is 422. The zero-order valence-corrected chi connectivity index (χ0v) is 12.4. The van der Waals surface area contributed by atoms with Crippen molar-refractivity contribution in [1.29, 1.82) is 0 Å². The van der Waals surface area contributed by atoms with Gasteiger partial charge in [0.15, 0.2) is 0 Å². The Morgan fingerprint density at radius 1 is 1.37 bits per heavy atom. The second-order valence-electron chi connectivity index (χ2n) is 5.02. The number of ketones is 1. The molecule has 1 aromatic rings. The minimum Gasteiger partial charge on any atom is -0.378 e. The van der Waals surface area contributed by atoms with Crippen LogP contribution in [0.3, 0.4) is 0 Å². The van der Waals surface area contributed by atoms with Crippen LogP contribution in [-0.2, 0) is 16.0 Å². The van der Waals surface area contributed by atoms with Crippen LogP contribution < -0.4 is 0 Å². The van der Waals surface area contributed by atoms with E-state index < -0.39 is 0 Å². The average Bonchev–Trinajstić information content (AvgIpc) is 2.36. The molecule has 0 saturated carbocycles. The van der Waals surface area contributed by atoms with Crippen LogP contribution in [0.2, 0.25) is 0 Å². The van der Waals surface area contributed by atoms with Crippen molar-refractivity contribution in [3.63, 3.8) is 0 Å². The number of hydrogen-bond donors (Lipinski definition) is 0. The van der Waals surface area contributed by atoms with Gasteiger partial charge in [0.2, 0.25) is 0 Å². The summed E-state index contributed by atoms with van der Waals surface area (Å²) in [6, 6.07) is 4.60. The van der Waals surface area contributed by atoms with Crippen molar-refractivity contribution < 1.29 is 13.9 Å². The van der Waals surface area contributed by atoms with Gasteiger partial charge in [-0.25, -0.2) is 4.39 Å². The Morgan fingerprint density at radius 3 is 2.89 bits per heavy atom. The highest BCUT2D eigenvalue weighted by Crippen LogP contribution is 2.19. The van der Waals surface area contributed by atoms with Gasteiger partial charge in [-0.1, -0.05) is 15.9 Å². The van der Waals surface area contributed by atoms with Crippen LogP contribution in [0.4, 0.5) is 4.39 Å². The fraction of sp³-hybridized carbons (Fsp3) is 0.533. The minimum absolute atomic E-state index is 0.145. The van der Waals surface area contributed by atoms with Crippen LogP contribution in [0.25, 0.3) is 0 Å². The first kappa shape index (κ1) is 14.7. The van der Waals surface area contributed by atoms with E-state index in [0.29, 0.717) is 17.3 Å². The number of ether oxygens (including phenoxy) is 1. The molecule has 2 nitrogen and oxygen atoms in total. The average molecular weight is 329 g/mol. The SMILES string of the molecule is O=C(CCC1CCCCO1)Cc1cc(F)cc(Br)c1. The summed E-state index contributed by atoms with van der Waals surface area (Å²) in [5.41, 5.74) is 0.724. The molecule has 0 amide bonds. The monoisotopic (exact) mass is 328 g/mol. The number of benzene rings is 1. The third-order valence-corrected chi connectivity index (χ3v) is 3.80. The smallest absolute Gasteiger partial charge is 0.137 e. The van der Waals surface area contributed by atoms with E-state index in [1.54, 1.807) is 6.07 Å². The lowest BCUT2D eigenvalue weighted by Crippen LogP contribution is -2.20. The first-order chi connectivity index (χ1) is 9.13. The molecule has 2 rings (SSSR count). The minimum atomic E-state index is -0.312. The van der Waals surface area contributed by atoms with E-state index in [-0.39, 0.29) is 17.7 Å². The molecule has 0 spiro atoms. The second kappa shape index (κ2) is 7.15. The Balaban J connectivity index is 1.80. The second-order valence-corrected chi connectivity index (χ2v) is 5.94. The van der Waals surface area contributed by atoms with E-state index >= 15 is 0 Å². The molecule has 1 aromatic carbocycles. The van der Waals surface area contributed by atoms with Crippen molar-refractivity contribution >= 4 is 21.7 Å². The molecule has 1 aliphatic rings. The van der Waals surface area contributed by atoms with Crippen LogP contribution >= 0.6 is 15.9 Å². The molecule has 0 bridgehead atoms. The quantitative estimate of drug-likeness (QED) is 0.815. The Labute approximate surface area is 121 Å². The number of carbonyl (C=O) groups excluding carboxylic acids is 1. The maximum Gasteiger partial charge on any atom is 0.137 e. The molecule has 0 radical (unpaired) electrons. The molecule has 1 aliphatic heterocycles. The zero-order valence-electron chi connectivity index (χ0n) is 10.8. The predicted molar refractivity (Wildman–Crippen MR) is 75.6 cm³/mol. The number of Topliss-reactive ketones (excluding diaryl/α,β-unsaturated/α-hetero) is 1. The van der Waals surface area contributed by atoms with Crippen molar-refractivity contribution in [2.75, 3.05) is 6.61 Å². The van der Waals surface area contributed by atoms with Gasteiger partial charge in [-0.15, -0.1) is 0 Å². The standard InChI is InChI=1S/C15H18BrFO2/c16-12-7-11(8-13(17)10-12)9-14(18)4-5-15-3-1-2-6-19-15/h7-8,10,15H,1-6,9H2. The van der Waals surface area contributed by atoms with Crippen molar-refractivity contribution in [3.05, 3.63) is 34.1 Å². The molecule has 1 atom stereocenters. The first-order valence-corrected chi connectivity index (χ1v) is 7.51. The fourth-order valence-electron chi connectivity index (χ4n) is 2.39. The highest BCUT2D eigenvalue weighted by Gasteiger charge is 2.15. The maximum atomic E-state index is 13.2. The van der Waals surface area contributed by atoms with Gasteiger partial charge in [0.25, 0.3) is 0 Å². The Morgan fingerprint density at radius 2 is 2.21 bits per heavy atom. The molecule has 0 N–H and O–H groups in total. The van der Waals surface area contributed by atoms with Gasteiger partial charge >= 0.3 is 0 Å². The van der Waals surface area contributed by atoms with E-state index in [1.807, 2.05) is 0 Å². The molecule has 1 saturated heterocycles. The van der Waals surface area contributed by atoms with Crippen molar-refractivity contribution in [2.24, 2.45) is 0 Å². The van der Waals surface area contributed by atoms with E-state index in [9.17, 15) is 9.18 Å². The molecular weight excluding hydrogens is 311 g/mol. The summed E-state index contributed by atoms with van der Waals surface area (Å²) in [5, 5.41) is 0. The number of hydrogen-bond acceptors (Lipinski definition) is 2. The van der Waals surface area contributed by atoms with Gasteiger partial charge in [0.1, 0.15) is 11.6 Å². The van der Waals surface area contributed by atoms with Crippen LogP contribution in [0.5, 0.6) is 0 Å². The zero-order chi connectivity index (χ0) is 13.7. The summed E-state index contributed by atoms with van der Waals surface area (Å²) in [6.07, 6.45) is 5.20. The molecule has 4 heteroatoms. The summed E-state index contributed by atoms with van der Waals surface area (Å²) in [5.74, 6) is -0.167. The normalized spacial score (nSPS) is 19.4. The van der Waals surface area contributed by atoms with Gasteiger partial charge in [-0.05, 0) is 49.4 Å². The summed E-state index contributed by atoms with van der Waals surface area (Å²) in [4.78, 5) is 11.9. The van der Waals surface area contributed by atoms with Gasteiger partial charge in [-0.3, -0.25) is 4.79 Å². The fourth-order valence-corrected chi connectivity index (χ4v) is 2.90. The van der Waals surface area contributed by atoms with Crippen LogP contribution in [0.1, 0.15) is 37.7 Å². The Hall–Kier alpha value is -0.740. The van der Waals surface area contributed by atoms with E-state index in [1.165, 1.54) is 18.6 Å². The van der Waals surface area contributed by atoms with E-state index in [4.69, 9.17) is 4.74 Å². The summed E-state index contributed by atoms with van der Waals surface area (Å²) < 4.78 is 19.5. The lowest BCUT2D eigenvalue weighted by molar-refractivity contribution is -0.119. The van der Waals surface area contributed by atoms with Crippen molar-refractivity contribution in [1.82, 2.24) is 0 Å². The van der Waals surface area contributed by atoms with Gasteiger partial charge < -0.3 is 4.74 Å². The largest absolute Gasteiger partial charge is 0.378 e. The summed E-state index contributed by atoms with van der Waals surface area (Å²) >= 11 is 3.23. The number of rotatable bonds is 5. The Kier molecular flexibility index (Phi) is 5.52. The van der Waals surface area contributed by atoms with Crippen LogP contribution in [0.15, 0.2) is 22.7 Å². The molecule has 104 valence electrons. The molecule has 1 fully saturated rings. The van der Waals surface area contributed by atoms with E-state index in [2.05, 4.69) is 15.9 Å². The molecule has 1 heterocycles.